The van der Waals surface area contributed by atoms with Gasteiger partial charge in [-0.05, 0) is 12.5 Å². The molecule has 2 aromatic rings. The molecule has 1 amide bonds. The van der Waals surface area contributed by atoms with Crippen molar-refractivity contribution in [2.45, 2.75) is 6.42 Å². The Morgan fingerprint density at radius 1 is 1.22 bits per heavy atom. The summed E-state index contributed by atoms with van der Waals surface area (Å²) >= 11 is 1.93. The van der Waals surface area contributed by atoms with Crippen LogP contribution in [0, 0.1) is 5.92 Å². The number of hydrogen-bond acceptors (Lipinski definition) is 6. The van der Waals surface area contributed by atoms with Crippen LogP contribution < -0.4 is 4.90 Å². The standard InChI is InChI=1S/C16H19N5OS/c22-16(20-5-7-23-8-6-20)12-2-4-21(10-12)15-13-1-3-17-9-14(13)18-11-19-15/h1,3,9,11-12H,2,4-8,10H2. The maximum atomic E-state index is 12.7. The molecule has 23 heavy (non-hydrogen) atoms. The topological polar surface area (TPSA) is 62.2 Å². The molecule has 0 aliphatic carbocycles. The van der Waals surface area contributed by atoms with E-state index in [1.165, 1.54) is 0 Å². The van der Waals surface area contributed by atoms with E-state index in [-0.39, 0.29) is 5.92 Å². The summed E-state index contributed by atoms with van der Waals surface area (Å²) in [5.41, 5.74) is 0.848. The van der Waals surface area contributed by atoms with Gasteiger partial charge in [0.25, 0.3) is 0 Å². The Morgan fingerprint density at radius 3 is 2.96 bits per heavy atom. The number of nitrogens with zero attached hydrogens (tertiary/aromatic N) is 5. The van der Waals surface area contributed by atoms with Crippen molar-refractivity contribution in [3.05, 3.63) is 24.8 Å². The van der Waals surface area contributed by atoms with Crippen LogP contribution in [0.4, 0.5) is 5.82 Å². The molecule has 120 valence electrons. The van der Waals surface area contributed by atoms with Crippen molar-refractivity contribution >= 4 is 34.4 Å². The second-order valence-corrected chi connectivity index (χ2v) is 7.18. The highest BCUT2D eigenvalue weighted by atomic mass is 32.2. The third kappa shape index (κ3) is 2.85. The first-order valence-corrected chi connectivity index (χ1v) is 9.14. The first-order valence-electron chi connectivity index (χ1n) is 7.99. The molecule has 2 aliphatic heterocycles. The van der Waals surface area contributed by atoms with Crippen LogP contribution in [0.2, 0.25) is 0 Å². The fraction of sp³-hybridized carbons (Fsp3) is 0.500. The summed E-state index contributed by atoms with van der Waals surface area (Å²) in [6, 6.07) is 1.95. The molecule has 0 N–H and O–H groups in total. The average Bonchev–Trinajstić information content (AvgIpc) is 3.11. The molecular weight excluding hydrogens is 310 g/mol. The molecule has 2 fully saturated rings. The van der Waals surface area contributed by atoms with E-state index < -0.39 is 0 Å². The molecule has 7 heteroatoms. The van der Waals surface area contributed by atoms with E-state index in [0.29, 0.717) is 5.91 Å². The van der Waals surface area contributed by atoms with Crippen molar-refractivity contribution in [3.8, 4) is 0 Å². The molecule has 4 heterocycles. The van der Waals surface area contributed by atoms with Crippen LogP contribution >= 0.6 is 11.8 Å². The molecule has 0 saturated carbocycles. The van der Waals surface area contributed by atoms with E-state index in [1.54, 1.807) is 18.7 Å². The largest absolute Gasteiger partial charge is 0.355 e. The molecule has 0 aromatic carbocycles. The van der Waals surface area contributed by atoms with Gasteiger partial charge < -0.3 is 9.80 Å². The van der Waals surface area contributed by atoms with Crippen molar-refractivity contribution in [1.29, 1.82) is 0 Å². The summed E-state index contributed by atoms with van der Waals surface area (Å²) in [7, 11) is 0. The van der Waals surface area contributed by atoms with Crippen molar-refractivity contribution in [2.75, 3.05) is 42.6 Å². The summed E-state index contributed by atoms with van der Waals surface area (Å²) in [6.45, 7) is 3.40. The van der Waals surface area contributed by atoms with Gasteiger partial charge in [-0.3, -0.25) is 9.78 Å². The Kier molecular flexibility index (Phi) is 4.03. The lowest BCUT2D eigenvalue weighted by Crippen LogP contribution is -2.42. The lowest BCUT2D eigenvalue weighted by molar-refractivity contribution is -0.134. The summed E-state index contributed by atoms with van der Waals surface area (Å²) < 4.78 is 0. The average molecular weight is 329 g/mol. The number of rotatable bonds is 2. The van der Waals surface area contributed by atoms with Gasteiger partial charge >= 0.3 is 0 Å². The van der Waals surface area contributed by atoms with E-state index in [9.17, 15) is 4.79 Å². The van der Waals surface area contributed by atoms with Crippen LogP contribution in [0.1, 0.15) is 6.42 Å². The fourth-order valence-corrected chi connectivity index (χ4v) is 4.24. The van der Waals surface area contributed by atoms with Gasteiger partial charge in [0.05, 0.1) is 17.6 Å². The van der Waals surface area contributed by atoms with Gasteiger partial charge in [-0.25, -0.2) is 9.97 Å². The van der Waals surface area contributed by atoms with Crippen molar-refractivity contribution in [3.63, 3.8) is 0 Å². The number of anilines is 1. The van der Waals surface area contributed by atoms with Gasteiger partial charge in [0, 0.05) is 49.3 Å². The minimum Gasteiger partial charge on any atom is -0.355 e. The van der Waals surface area contributed by atoms with E-state index in [0.717, 1.165) is 60.8 Å². The minimum atomic E-state index is 0.0879. The Morgan fingerprint density at radius 2 is 2.09 bits per heavy atom. The zero-order valence-corrected chi connectivity index (χ0v) is 13.7. The normalized spacial score (nSPS) is 21.8. The number of fused-ring (bicyclic) bond motifs is 1. The smallest absolute Gasteiger partial charge is 0.227 e. The van der Waals surface area contributed by atoms with Crippen LogP contribution in [0.15, 0.2) is 24.8 Å². The molecule has 1 unspecified atom stereocenters. The lowest BCUT2D eigenvalue weighted by atomic mass is 10.1. The van der Waals surface area contributed by atoms with Gasteiger partial charge in [0.2, 0.25) is 5.91 Å². The van der Waals surface area contributed by atoms with E-state index in [4.69, 9.17) is 0 Å². The van der Waals surface area contributed by atoms with Crippen LogP contribution in [-0.2, 0) is 4.79 Å². The summed E-state index contributed by atoms with van der Waals surface area (Å²) in [5.74, 6) is 3.44. The summed E-state index contributed by atoms with van der Waals surface area (Å²) in [4.78, 5) is 29.8. The monoisotopic (exact) mass is 329 g/mol. The Hall–Kier alpha value is -1.89. The maximum absolute atomic E-state index is 12.7. The number of carbonyl (C=O) groups excluding carboxylic acids is 1. The number of carbonyl (C=O) groups is 1. The van der Waals surface area contributed by atoms with Gasteiger partial charge in [0.15, 0.2) is 0 Å². The summed E-state index contributed by atoms with van der Waals surface area (Å²) in [5, 5.41) is 1.00. The predicted octanol–water partition coefficient (Wildman–Crippen LogP) is 1.43. The van der Waals surface area contributed by atoms with E-state index in [1.807, 2.05) is 22.7 Å². The Labute approximate surface area is 139 Å². The highest BCUT2D eigenvalue weighted by Gasteiger charge is 2.33. The quantitative estimate of drug-likeness (QED) is 0.830. The third-order valence-electron chi connectivity index (χ3n) is 4.58. The number of thioether (sulfide) groups is 1. The predicted molar refractivity (Wildman–Crippen MR) is 91.6 cm³/mol. The molecule has 0 bridgehead atoms. The maximum Gasteiger partial charge on any atom is 0.227 e. The highest BCUT2D eigenvalue weighted by Crippen LogP contribution is 2.28. The molecule has 0 spiro atoms. The number of hydrogen-bond donors (Lipinski definition) is 0. The molecular formula is C16H19N5OS. The van der Waals surface area contributed by atoms with Crippen molar-refractivity contribution < 1.29 is 4.79 Å². The van der Waals surface area contributed by atoms with E-state index in [2.05, 4.69) is 19.9 Å². The van der Waals surface area contributed by atoms with Gasteiger partial charge in [-0.1, -0.05) is 0 Å². The van der Waals surface area contributed by atoms with Crippen LogP contribution in [0.5, 0.6) is 0 Å². The van der Waals surface area contributed by atoms with Crippen LogP contribution in [0.25, 0.3) is 10.9 Å². The first kappa shape index (κ1) is 14.7. The molecule has 6 nitrogen and oxygen atoms in total. The zero-order valence-electron chi connectivity index (χ0n) is 12.9. The Balaban J connectivity index is 1.52. The fourth-order valence-electron chi connectivity index (χ4n) is 3.34. The number of pyridine rings is 1. The SMILES string of the molecule is O=C(C1CCN(c2ncnc3cnccc23)C1)N1CCSCC1. The van der Waals surface area contributed by atoms with Crippen molar-refractivity contribution in [1.82, 2.24) is 19.9 Å². The van der Waals surface area contributed by atoms with Gasteiger partial charge in [-0.2, -0.15) is 11.8 Å². The van der Waals surface area contributed by atoms with Gasteiger partial charge in [0.1, 0.15) is 12.1 Å². The molecule has 2 aliphatic rings. The third-order valence-corrected chi connectivity index (χ3v) is 5.52. The first-order chi connectivity index (χ1) is 11.3. The molecule has 2 aromatic heterocycles. The molecule has 0 radical (unpaired) electrons. The second-order valence-electron chi connectivity index (χ2n) is 5.96. The zero-order chi connectivity index (χ0) is 15.6. The van der Waals surface area contributed by atoms with Gasteiger partial charge in [-0.15, -0.1) is 0 Å². The van der Waals surface area contributed by atoms with Crippen molar-refractivity contribution in [2.24, 2.45) is 5.92 Å². The number of amides is 1. The molecule has 4 rings (SSSR count). The number of aromatic nitrogens is 3. The highest BCUT2D eigenvalue weighted by molar-refractivity contribution is 7.99. The summed E-state index contributed by atoms with van der Waals surface area (Å²) in [6.07, 6.45) is 6.00. The second kappa shape index (κ2) is 6.31. The molecule has 1 atom stereocenters. The van der Waals surface area contributed by atoms with Crippen LogP contribution in [0.3, 0.4) is 0 Å². The van der Waals surface area contributed by atoms with Crippen LogP contribution in [-0.4, -0.2) is 63.4 Å². The minimum absolute atomic E-state index is 0.0879. The molecule has 2 saturated heterocycles. The Bertz CT molecular complexity index is 713. The lowest BCUT2D eigenvalue weighted by Gasteiger charge is -2.29. The van der Waals surface area contributed by atoms with E-state index >= 15 is 0 Å².